The van der Waals surface area contributed by atoms with E-state index in [4.69, 9.17) is 23.2 Å². The summed E-state index contributed by atoms with van der Waals surface area (Å²) in [5, 5.41) is 4.14. The van der Waals surface area contributed by atoms with Gasteiger partial charge in [0.1, 0.15) is 6.04 Å². The molecule has 1 N–H and O–H groups in total. The van der Waals surface area contributed by atoms with Gasteiger partial charge in [-0.2, -0.15) is 0 Å². The third kappa shape index (κ3) is 7.79. The Balaban J connectivity index is 1.83. The van der Waals surface area contributed by atoms with E-state index in [0.717, 1.165) is 16.7 Å². The number of benzene rings is 3. The fraction of sp³-hybridized carbons (Fsp3) is 0.259. The van der Waals surface area contributed by atoms with Gasteiger partial charge in [0.15, 0.2) is 0 Å². The zero-order chi connectivity index (χ0) is 24.3. The Hall–Kier alpha value is -2.47. The van der Waals surface area contributed by atoms with Crippen LogP contribution in [0.3, 0.4) is 0 Å². The van der Waals surface area contributed by atoms with E-state index in [1.54, 1.807) is 11.0 Å². The van der Waals surface area contributed by atoms with Crippen LogP contribution in [-0.4, -0.2) is 35.1 Å². The molecule has 178 valence electrons. The number of likely N-dealkylation sites (N-methyl/N-ethyl adjacent to an activating group) is 1. The molecule has 0 saturated carbocycles. The fourth-order valence-electron chi connectivity index (χ4n) is 3.62. The Morgan fingerprint density at radius 2 is 1.65 bits per heavy atom. The first-order valence-corrected chi connectivity index (χ1v) is 13.1. The van der Waals surface area contributed by atoms with Crippen molar-refractivity contribution in [1.82, 2.24) is 10.2 Å². The van der Waals surface area contributed by atoms with Crippen LogP contribution in [0.2, 0.25) is 10.0 Å². The number of hydrogen-bond donors (Lipinski definition) is 1. The van der Waals surface area contributed by atoms with Gasteiger partial charge >= 0.3 is 0 Å². The van der Waals surface area contributed by atoms with Crippen LogP contribution in [0.4, 0.5) is 0 Å². The summed E-state index contributed by atoms with van der Waals surface area (Å²) in [7, 11) is 0. The SMILES string of the molecule is CCNC(=O)[C@@H](Cc1ccccc1)N(Cc1ccccc1Cl)C(=O)CSCc1cccc(Cl)c1. The van der Waals surface area contributed by atoms with E-state index in [-0.39, 0.29) is 24.1 Å². The number of halogens is 2. The number of nitrogens with one attached hydrogen (secondary N) is 1. The molecule has 3 rings (SSSR count). The molecule has 0 aromatic heterocycles. The molecule has 34 heavy (non-hydrogen) atoms. The van der Waals surface area contributed by atoms with Gasteiger partial charge in [-0.25, -0.2) is 0 Å². The maximum atomic E-state index is 13.5. The van der Waals surface area contributed by atoms with Crippen LogP contribution in [-0.2, 0) is 28.3 Å². The molecule has 0 radical (unpaired) electrons. The second-order valence-corrected chi connectivity index (χ2v) is 9.67. The lowest BCUT2D eigenvalue weighted by atomic mass is 10.0. The summed E-state index contributed by atoms with van der Waals surface area (Å²) in [6, 6.07) is 24.1. The van der Waals surface area contributed by atoms with Gasteiger partial charge < -0.3 is 10.2 Å². The number of thioether (sulfide) groups is 1. The van der Waals surface area contributed by atoms with Crippen molar-refractivity contribution in [2.75, 3.05) is 12.3 Å². The van der Waals surface area contributed by atoms with Crippen LogP contribution in [0.15, 0.2) is 78.9 Å². The molecular weight excluding hydrogens is 487 g/mol. The van der Waals surface area contributed by atoms with E-state index in [2.05, 4.69) is 5.32 Å². The molecule has 7 heteroatoms. The molecule has 1 atom stereocenters. The molecule has 2 amide bonds. The van der Waals surface area contributed by atoms with Crippen molar-refractivity contribution >= 4 is 46.8 Å². The minimum atomic E-state index is -0.655. The second-order valence-electron chi connectivity index (χ2n) is 7.84. The van der Waals surface area contributed by atoms with Gasteiger partial charge in [-0.05, 0) is 41.8 Å². The monoisotopic (exact) mass is 514 g/mol. The number of nitrogens with zero attached hydrogens (tertiary/aromatic N) is 1. The predicted octanol–water partition coefficient (Wildman–Crippen LogP) is 6.00. The van der Waals surface area contributed by atoms with Crippen LogP contribution < -0.4 is 5.32 Å². The van der Waals surface area contributed by atoms with Gasteiger partial charge in [-0.3, -0.25) is 9.59 Å². The Morgan fingerprint density at radius 1 is 0.941 bits per heavy atom. The third-order valence-corrected chi connectivity index (χ3v) is 6.90. The van der Waals surface area contributed by atoms with E-state index in [1.807, 2.05) is 79.7 Å². The van der Waals surface area contributed by atoms with Gasteiger partial charge in [0.25, 0.3) is 0 Å². The minimum absolute atomic E-state index is 0.112. The highest BCUT2D eigenvalue weighted by atomic mass is 35.5. The number of carbonyl (C=O) groups excluding carboxylic acids is 2. The molecule has 3 aromatic rings. The molecule has 0 bridgehead atoms. The fourth-order valence-corrected chi connectivity index (χ4v) is 4.89. The molecule has 0 heterocycles. The summed E-state index contributed by atoms with van der Waals surface area (Å²) in [5.41, 5.74) is 2.84. The van der Waals surface area contributed by atoms with Crippen LogP contribution in [0, 0.1) is 0 Å². The van der Waals surface area contributed by atoms with Gasteiger partial charge in [0.2, 0.25) is 11.8 Å². The Kier molecular flexibility index (Phi) is 10.3. The first-order chi connectivity index (χ1) is 16.5. The first-order valence-electron chi connectivity index (χ1n) is 11.1. The van der Waals surface area contributed by atoms with E-state index in [1.165, 1.54) is 11.8 Å². The van der Waals surface area contributed by atoms with Gasteiger partial charge in [-0.1, -0.05) is 83.9 Å². The van der Waals surface area contributed by atoms with E-state index in [0.29, 0.717) is 28.8 Å². The molecule has 0 aliphatic heterocycles. The molecule has 3 aromatic carbocycles. The van der Waals surface area contributed by atoms with Crippen molar-refractivity contribution in [2.45, 2.75) is 31.7 Å². The minimum Gasteiger partial charge on any atom is -0.355 e. The van der Waals surface area contributed by atoms with Crippen molar-refractivity contribution in [2.24, 2.45) is 0 Å². The standard InChI is InChI=1S/C27H28Cl2N2O2S/c1-2-30-27(33)25(16-20-9-4-3-5-10-20)31(17-22-12-6-7-14-24(22)29)26(32)19-34-18-21-11-8-13-23(28)15-21/h3-15,25H,2,16-19H2,1H3,(H,30,33)/t25-/m1/s1. The van der Waals surface area contributed by atoms with Crippen molar-refractivity contribution in [3.8, 4) is 0 Å². The molecule has 0 saturated heterocycles. The van der Waals surface area contributed by atoms with E-state index in [9.17, 15) is 9.59 Å². The smallest absolute Gasteiger partial charge is 0.243 e. The average molecular weight is 516 g/mol. The Bertz CT molecular complexity index is 1090. The second kappa shape index (κ2) is 13.4. The van der Waals surface area contributed by atoms with Crippen LogP contribution in [0.1, 0.15) is 23.6 Å². The lowest BCUT2D eigenvalue weighted by Crippen LogP contribution is -2.51. The maximum Gasteiger partial charge on any atom is 0.243 e. The molecule has 0 spiro atoms. The highest BCUT2D eigenvalue weighted by molar-refractivity contribution is 7.99. The highest BCUT2D eigenvalue weighted by Gasteiger charge is 2.30. The molecule has 4 nitrogen and oxygen atoms in total. The predicted molar refractivity (Wildman–Crippen MR) is 142 cm³/mol. The molecule has 0 aliphatic carbocycles. The van der Waals surface area contributed by atoms with Gasteiger partial charge in [0.05, 0.1) is 5.75 Å². The Morgan fingerprint density at radius 3 is 2.35 bits per heavy atom. The lowest BCUT2D eigenvalue weighted by Gasteiger charge is -2.31. The zero-order valence-corrected chi connectivity index (χ0v) is 21.4. The molecule has 0 fully saturated rings. The van der Waals surface area contributed by atoms with Crippen LogP contribution in [0.5, 0.6) is 0 Å². The van der Waals surface area contributed by atoms with Gasteiger partial charge in [0, 0.05) is 35.3 Å². The summed E-state index contributed by atoms with van der Waals surface area (Å²) in [4.78, 5) is 28.3. The maximum absolute atomic E-state index is 13.5. The van der Waals surface area contributed by atoms with Crippen LogP contribution >= 0.6 is 35.0 Å². The first kappa shape index (κ1) is 26.1. The van der Waals surface area contributed by atoms with Crippen LogP contribution in [0.25, 0.3) is 0 Å². The van der Waals surface area contributed by atoms with E-state index < -0.39 is 6.04 Å². The largest absolute Gasteiger partial charge is 0.355 e. The zero-order valence-electron chi connectivity index (χ0n) is 19.0. The summed E-state index contributed by atoms with van der Waals surface area (Å²) in [5.74, 6) is 0.601. The van der Waals surface area contributed by atoms with Gasteiger partial charge in [-0.15, -0.1) is 11.8 Å². The summed E-state index contributed by atoms with van der Waals surface area (Å²) < 4.78 is 0. The normalized spacial score (nSPS) is 11.6. The highest BCUT2D eigenvalue weighted by Crippen LogP contribution is 2.22. The lowest BCUT2D eigenvalue weighted by molar-refractivity contribution is -0.139. The number of rotatable bonds is 11. The quantitative estimate of drug-likeness (QED) is 0.341. The summed E-state index contributed by atoms with van der Waals surface area (Å²) in [6.45, 7) is 2.62. The topological polar surface area (TPSA) is 49.4 Å². The molecule has 0 aliphatic rings. The third-order valence-electron chi connectivity index (χ3n) is 5.30. The van der Waals surface area contributed by atoms with Crippen molar-refractivity contribution in [3.05, 3.63) is 106 Å². The Labute approximate surface area is 215 Å². The molecule has 0 unspecified atom stereocenters. The van der Waals surface area contributed by atoms with Crippen molar-refractivity contribution in [1.29, 1.82) is 0 Å². The summed E-state index contributed by atoms with van der Waals surface area (Å²) in [6.07, 6.45) is 0.418. The summed E-state index contributed by atoms with van der Waals surface area (Å²) >= 11 is 14.0. The van der Waals surface area contributed by atoms with E-state index >= 15 is 0 Å². The number of carbonyl (C=O) groups is 2. The number of amides is 2. The van der Waals surface area contributed by atoms with Crippen molar-refractivity contribution in [3.63, 3.8) is 0 Å². The van der Waals surface area contributed by atoms with Crippen molar-refractivity contribution < 1.29 is 9.59 Å². The number of hydrogen-bond acceptors (Lipinski definition) is 3. The average Bonchev–Trinajstić information content (AvgIpc) is 2.83. The molecular formula is C27H28Cl2N2O2S.